The van der Waals surface area contributed by atoms with Gasteiger partial charge < -0.3 is 10.1 Å². The van der Waals surface area contributed by atoms with Crippen LogP contribution in [0.4, 0.5) is 13.2 Å². The summed E-state index contributed by atoms with van der Waals surface area (Å²) in [7, 11) is 0. The molecule has 0 radical (unpaired) electrons. The summed E-state index contributed by atoms with van der Waals surface area (Å²) in [5.74, 6) is -3.02. The minimum Gasteiger partial charge on any atom is -0.464 e. The minimum atomic E-state index is -5.03. The number of nitrogens with one attached hydrogen (secondary N) is 1. The molecule has 4 nitrogen and oxygen atoms in total. The lowest BCUT2D eigenvalue weighted by Gasteiger charge is -2.17. The highest BCUT2D eigenvalue weighted by molar-refractivity contribution is 5.87. The molecule has 7 heteroatoms. The Kier molecular flexibility index (Phi) is 12.0. The van der Waals surface area contributed by atoms with Crippen LogP contribution in [0.15, 0.2) is 12.7 Å². The molecule has 24 heavy (non-hydrogen) atoms. The van der Waals surface area contributed by atoms with Crippen molar-refractivity contribution < 1.29 is 27.5 Å². The zero-order valence-corrected chi connectivity index (χ0v) is 14.3. The molecule has 140 valence electrons. The summed E-state index contributed by atoms with van der Waals surface area (Å²) in [4.78, 5) is 22.6. The Morgan fingerprint density at radius 1 is 1.08 bits per heavy atom. The van der Waals surface area contributed by atoms with Gasteiger partial charge in [0.15, 0.2) is 0 Å². The van der Waals surface area contributed by atoms with E-state index in [4.69, 9.17) is 4.74 Å². The number of unbranched alkanes of at least 4 members (excludes halogenated alkanes) is 7. The molecule has 0 aromatic rings. The SMILES string of the molecule is C=CCC(NC(=O)C(F)(F)F)C(=O)OCCCCCCCCCC. The number of esters is 1. The number of amides is 1. The monoisotopic (exact) mass is 351 g/mol. The van der Waals surface area contributed by atoms with Crippen LogP contribution in [0, 0.1) is 0 Å². The van der Waals surface area contributed by atoms with Crippen LogP contribution in [-0.4, -0.2) is 30.7 Å². The number of hydrogen-bond donors (Lipinski definition) is 1. The molecule has 0 heterocycles. The van der Waals surface area contributed by atoms with E-state index in [-0.39, 0.29) is 13.0 Å². The van der Waals surface area contributed by atoms with E-state index >= 15 is 0 Å². The third-order valence-electron chi connectivity index (χ3n) is 3.49. The van der Waals surface area contributed by atoms with Gasteiger partial charge in [-0.2, -0.15) is 13.2 Å². The number of rotatable bonds is 13. The van der Waals surface area contributed by atoms with E-state index in [0.717, 1.165) is 19.3 Å². The number of ether oxygens (including phenoxy) is 1. The molecule has 0 rings (SSSR count). The molecule has 0 aromatic heterocycles. The number of alkyl halides is 3. The van der Waals surface area contributed by atoms with E-state index in [2.05, 4.69) is 13.5 Å². The van der Waals surface area contributed by atoms with Crippen LogP contribution >= 0.6 is 0 Å². The summed E-state index contributed by atoms with van der Waals surface area (Å²) < 4.78 is 41.6. The first-order valence-corrected chi connectivity index (χ1v) is 8.48. The molecule has 0 aliphatic rings. The summed E-state index contributed by atoms with van der Waals surface area (Å²) in [6, 6.07) is -1.36. The van der Waals surface area contributed by atoms with Gasteiger partial charge in [0.1, 0.15) is 6.04 Å². The molecule has 1 amide bonds. The molecule has 0 bridgehead atoms. The van der Waals surface area contributed by atoms with Crippen molar-refractivity contribution in [2.75, 3.05) is 6.61 Å². The van der Waals surface area contributed by atoms with Crippen LogP contribution in [0.5, 0.6) is 0 Å². The van der Waals surface area contributed by atoms with E-state index < -0.39 is 24.1 Å². The highest BCUT2D eigenvalue weighted by Crippen LogP contribution is 2.15. The van der Waals surface area contributed by atoms with Gasteiger partial charge in [-0.3, -0.25) is 4.79 Å². The van der Waals surface area contributed by atoms with Crippen molar-refractivity contribution in [3.8, 4) is 0 Å². The van der Waals surface area contributed by atoms with Gasteiger partial charge in [-0.1, -0.05) is 57.9 Å². The van der Waals surface area contributed by atoms with E-state index in [1.807, 2.05) is 0 Å². The van der Waals surface area contributed by atoms with Gasteiger partial charge in [-0.25, -0.2) is 4.79 Å². The van der Waals surface area contributed by atoms with E-state index in [1.54, 1.807) is 5.32 Å². The molecule has 0 aromatic carbocycles. The molecule has 1 atom stereocenters. The van der Waals surface area contributed by atoms with Gasteiger partial charge in [-0.05, 0) is 12.8 Å². The molecule has 0 fully saturated rings. The maximum Gasteiger partial charge on any atom is 0.471 e. The van der Waals surface area contributed by atoms with Crippen molar-refractivity contribution in [3.05, 3.63) is 12.7 Å². The molecule has 0 saturated carbocycles. The fourth-order valence-corrected chi connectivity index (χ4v) is 2.13. The fraction of sp³-hybridized carbons (Fsp3) is 0.765. The van der Waals surface area contributed by atoms with Crippen LogP contribution in [0.25, 0.3) is 0 Å². The Bertz CT molecular complexity index is 384. The molecule has 0 aliphatic carbocycles. The van der Waals surface area contributed by atoms with Crippen molar-refractivity contribution >= 4 is 11.9 Å². The Morgan fingerprint density at radius 2 is 1.62 bits per heavy atom. The van der Waals surface area contributed by atoms with Gasteiger partial charge in [0.2, 0.25) is 0 Å². The summed E-state index contributed by atoms with van der Waals surface area (Å²) in [5, 5.41) is 1.63. The highest BCUT2D eigenvalue weighted by atomic mass is 19.4. The zero-order chi connectivity index (χ0) is 18.4. The molecular weight excluding hydrogens is 323 g/mol. The van der Waals surface area contributed by atoms with Gasteiger partial charge >= 0.3 is 18.1 Å². The van der Waals surface area contributed by atoms with Crippen molar-refractivity contribution in [2.45, 2.75) is 76.9 Å². The summed E-state index contributed by atoms with van der Waals surface area (Å²) in [6.07, 6.45) is 4.73. The number of halogens is 3. The highest BCUT2D eigenvalue weighted by Gasteiger charge is 2.40. The Morgan fingerprint density at radius 3 is 2.12 bits per heavy atom. The van der Waals surface area contributed by atoms with Crippen LogP contribution in [0.3, 0.4) is 0 Å². The van der Waals surface area contributed by atoms with E-state index in [9.17, 15) is 22.8 Å². The minimum absolute atomic E-state index is 0.113. The maximum absolute atomic E-state index is 12.2. The largest absolute Gasteiger partial charge is 0.471 e. The van der Waals surface area contributed by atoms with Crippen LogP contribution < -0.4 is 5.32 Å². The third-order valence-corrected chi connectivity index (χ3v) is 3.49. The average Bonchev–Trinajstić information content (AvgIpc) is 2.51. The lowest BCUT2D eigenvalue weighted by Crippen LogP contribution is -2.47. The van der Waals surface area contributed by atoms with Crippen molar-refractivity contribution in [1.29, 1.82) is 0 Å². The molecule has 0 saturated heterocycles. The molecule has 1 N–H and O–H groups in total. The number of carbonyl (C=O) groups excluding carboxylic acids is 2. The van der Waals surface area contributed by atoms with Crippen LogP contribution in [0.1, 0.15) is 64.7 Å². The molecule has 0 spiro atoms. The summed E-state index contributed by atoms with van der Waals surface area (Å²) >= 11 is 0. The number of hydrogen-bond acceptors (Lipinski definition) is 3. The second kappa shape index (κ2) is 12.8. The second-order valence-electron chi connectivity index (χ2n) is 5.69. The van der Waals surface area contributed by atoms with Crippen LogP contribution in [-0.2, 0) is 14.3 Å². The van der Waals surface area contributed by atoms with Gasteiger partial charge in [-0.15, -0.1) is 6.58 Å². The van der Waals surface area contributed by atoms with Gasteiger partial charge in [0, 0.05) is 0 Å². The molecule has 0 aliphatic heterocycles. The Hall–Kier alpha value is -1.53. The topological polar surface area (TPSA) is 55.4 Å². The van der Waals surface area contributed by atoms with Crippen molar-refractivity contribution in [2.24, 2.45) is 0 Å². The first kappa shape index (κ1) is 22.5. The van der Waals surface area contributed by atoms with E-state index in [0.29, 0.717) is 6.42 Å². The lowest BCUT2D eigenvalue weighted by molar-refractivity contribution is -0.175. The predicted molar refractivity (Wildman–Crippen MR) is 86.4 cm³/mol. The van der Waals surface area contributed by atoms with Gasteiger partial charge in [0.25, 0.3) is 0 Å². The Balaban J connectivity index is 3.95. The van der Waals surface area contributed by atoms with Gasteiger partial charge in [0.05, 0.1) is 6.61 Å². The molecule has 1 unspecified atom stereocenters. The summed E-state index contributed by atoms with van der Waals surface area (Å²) in [6.45, 7) is 5.66. The smallest absolute Gasteiger partial charge is 0.464 e. The molecular formula is C17H28F3NO3. The van der Waals surface area contributed by atoms with E-state index in [1.165, 1.54) is 31.8 Å². The standard InChI is InChI=1S/C17H28F3NO3/c1-3-5-6-7-8-9-10-11-13-24-15(22)14(12-4-2)21-16(23)17(18,19)20/h4,14H,2-3,5-13H2,1H3,(H,21,23). The number of carbonyl (C=O) groups is 2. The van der Waals surface area contributed by atoms with Crippen molar-refractivity contribution in [3.63, 3.8) is 0 Å². The quantitative estimate of drug-likeness (QED) is 0.306. The summed E-state index contributed by atoms with van der Waals surface area (Å²) in [5.41, 5.74) is 0. The zero-order valence-electron chi connectivity index (χ0n) is 14.3. The third kappa shape index (κ3) is 11.1. The first-order chi connectivity index (χ1) is 11.3. The Labute approximate surface area is 141 Å². The fourth-order valence-electron chi connectivity index (χ4n) is 2.13. The van der Waals surface area contributed by atoms with Crippen molar-refractivity contribution in [1.82, 2.24) is 5.32 Å². The maximum atomic E-state index is 12.2. The average molecular weight is 351 g/mol. The van der Waals surface area contributed by atoms with Crippen LogP contribution in [0.2, 0.25) is 0 Å². The second-order valence-corrected chi connectivity index (χ2v) is 5.69. The predicted octanol–water partition coefficient (Wildman–Crippen LogP) is 4.29. The normalized spacial score (nSPS) is 12.5. The first-order valence-electron chi connectivity index (χ1n) is 8.48. The lowest BCUT2D eigenvalue weighted by atomic mass is 10.1.